The molecule has 0 bridgehead atoms. The Morgan fingerprint density at radius 2 is 2.06 bits per heavy atom. The number of aromatic nitrogens is 2. The minimum absolute atomic E-state index is 0. The zero-order chi connectivity index (χ0) is 11.9. The maximum absolute atomic E-state index is 11.4. The molecule has 2 aliphatic rings. The number of rotatable bonds is 1. The van der Waals surface area contributed by atoms with Gasteiger partial charge in [0.25, 0.3) is 0 Å². The van der Waals surface area contributed by atoms with Gasteiger partial charge in [-0.05, 0) is 31.4 Å². The van der Waals surface area contributed by atoms with Gasteiger partial charge >= 0.3 is 0 Å². The summed E-state index contributed by atoms with van der Waals surface area (Å²) in [6.45, 7) is 1.85. The van der Waals surface area contributed by atoms with E-state index in [1.165, 1.54) is 5.56 Å². The van der Waals surface area contributed by atoms with Crippen molar-refractivity contribution in [1.29, 1.82) is 0 Å². The first-order valence-corrected chi connectivity index (χ1v) is 7.94. The van der Waals surface area contributed by atoms with Gasteiger partial charge in [0.1, 0.15) is 9.84 Å². The van der Waals surface area contributed by atoms with E-state index >= 15 is 0 Å². The molecule has 0 aromatic carbocycles. The van der Waals surface area contributed by atoms with E-state index in [0.29, 0.717) is 24.3 Å². The van der Waals surface area contributed by atoms with Crippen molar-refractivity contribution in [1.82, 2.24) is 15.1 Å². The quantitative estimate of drug-likeness (QED) is 0.827. The largest absolute Gasteiger partial charge is 0.311 e. The van der Waals surface area contributed by atoms with Gasteiger partial charge in [0, 0.05) is 12.7 Å². The highest BCUT2D eigenvalue weighted by Crippen LogP contribution is 2.25. The lowest BCUT2D eigenvalue weighted by Gasteiger charge is -2.22. The van der Waals surface area contributed by atoms with Crippen molar-refractivity contribution in [3.63, 3.8) is 0 Å². The molecule has 0 saturated carbocycles. The molecular weight excluding hydrogens is 274 g/mol. The average Bonchev–Trinajstić information content (AvgIpc) is 2.72. The summed E-state index contributed by atoms with van der Waals surface area (Å²) in [5.74, 6) is 0.612. The van der Waals surface area contributed by atoms with E-state index in [9.17, 15) is 8.42 Å². The van der Waals surface area contributed by atoms with Gasteiger partial charge in [-0.1, -0.05) is 0 Å². The van der Waals surface area contributed by atoms with Crippen molar-refractivity contribution in [2.75, 3.05) is 18.1 Å². The predicted molar refractivity (Wildman–Crippen MR) is 71.8 cm³/mol. The number of nitrogens with one attached hydrogen (secondary N) is 1. The van der Waals surface area contributed by atoms with Crippen molar-refractivity contribution in [3.8, 4) is 0 Å². The fraction of sp³-hybridized carbons (Fsp3) is 0.727. The summed E-state index contributed by atoms with van der Waals surface area (Å²) in [6.07, 6.45) is 4.55. The molecule has 5 nitrogen and oxygen atoms in total. The molecule has 0 amide bonds. The van der Waals surface area contributed by atoms with E-state index < -0.39 is 9.84 Å². The molecule has 102 valence electrons. The van der Waals surface area contributed by atoms with E-state index in [-0.39, 0.29) is 18.4 Å². The molecule has 7 heteroatoms. The molecule has 1 N–H and O–H groups in total. The maximum atomic E-state index is 11.4. The topological polar surface area (TPSA) is 64.0 Å². The molecule has 3 heterocycles. The summed E-state index contributed by atoms with van der Waals surface area (Å²) in [5, 5.41) is 7.88. The molecule has 0 atom stereocenters. The highest BCUT2D eigenvalue weighted by molar-refractivity contribution is 7.91. The van der Waals surface area contributed by atoms with Gasteiger partial charge < -0.3 is 5.32 Å². The van der Waals surface area contributed by atoms with Crippen LogP contribution in [0.25, 0.3) is 0 Å². The Bertz CT molecular complexity index is 489. The van der Waals surface area contributed by atoms with E-state index in [0.717, 1.165) is 25.2 Å². The molecule has 1 aromatic heterocycles. The van der Waals surface area contributed by atoms with Crippen LogP contribution in [0.4, 0.5) is 0 Å². The van der Waals surface area contributed by atoms with Crippen LogP contribution < -0.4 is 5.32 Å². The van der Waals surface area contributed by atoms with Crippen LogP contribution >= 0.6 is 12.4 Å². The summed E-state index contributed by atoms with van der Waals surface area (Å²) in [6, 6.07) is 0.268. The van der Waals surface area contributed by atoms with Crippen LogP contribution in [0.1, 0.15) is 30.1 Å². The second-order valence-corrected chi connectivity index (χ2v) is 7.19. The second-order valence-electron chi connectivity index (χ2n) is 4.89. The Morgan fingerprint density at radius 3 is 2.72 bits per heavy atom. The maximum Gasteiger partial charge on any atom is 0.150 e. The van der Waals surface area contributed by atoms with Crippen LogP contribution in [0, 0.1) is 0 Å². The van der Waals surface area contributed by atoms with Crippen LogP contribution in [-0.4, -0.2) is 36.2 Å². The Hall–Kier alpha value is -0.590. The Kier molecular flexibility index (Phi) is 3.99. The van der Waals surface area contributed by atoms with Crippen LogP contribution in [0.2, 0.25) is 0 Å². The highest BCUT2D eigenvalue weighted by Gasteiger charge is 2.26. The van der Waals surface area contributed by atoms with Gasteiger partial charge in [0.2, 0.25) is 0 Å². The SMILES string of the molecule is Cl.O=S1(=O)CCC(n2cc3c(n2)CNCC3)CC1. The summed E-state index contributed by atoms with van der Waals surface area (Å²) in [4.78, 5) is 0. The van der Waals surface area contributed by atoms with Crippen molar-refractivity contribution < 1.29 is 8.42 Å². The Morgan fingerprint density at radius 1 is 1.33 bits per heavy atom. The standard InChI is InChI=1S/C11H17N3O2S.ClH/c15-17(16)5-2-10(3-6-17)14-8-9-1-4-12-7-11(9)13-14;/h8,10,12H,1-7H2;1H. The molecule has 1 fully saturated rings. The molecule has 2 aliphatic heterocycles. The lowest BCUT2D eigenvalue weighted by molar-refractivity contribution is 0.410. The first-order valence-electron chi connectivity index (χ1n) is 6.12. The fourth-order valence-electron chi connectivity index (χ4n) is 2.58. The molecule has 0 radical (unpaired) electrons. The first kappa shape index (κ1) is 13.8. The zero-order valence-corrected chi connectivity index (χ0v) is 11.8. The minimum atomic E-state index is -2.78. The van der Waals surface area contributed by atoms with Gasteiger partial charge in [-0.15, -0.1) is 12.4 Å². The van der Waals surface area contributed by atoms with Crippen LogP contribution in [-0.2, 0) is 22.8 Å². The molecule has 0 aliphatic carbocycles. The summed E-state index contributed by atoms with van der Waals surface area (Å²) in [7, 11) is -2.78. The van der Waals surface area contributed by atoms with Gasteiger partial charge in [0.05, 0.1) is 23.2 Å². The minimum Gasteiger partial charge on any atom is -0.311 e. The molecule has 0 unspecified atom stereocenters. The molecule has 1 saturated heterocycles. The Balaban J connectivity index is 0.00000120. The summed E-state index contributed by atoms with van der Waals surface area (Å²) in [5.41, 5.74) is 2.45. The fourth-order valence-corrected chi connectivity index (χ4v) is 4.05. The van der Waals surface area contributed by atoms with Gasteiger partial charge in [-0.25, -0.2) is 8.42 Å². The second kappa shape index (κ2) is 5.19. The van der Waals surface area contributed by atoms with Crippen molar-refractivity contribution in [2.45, 2.75) is 31.8 Å². The molecule has 1 aromatic rings. The van der Waals surface area contributed by atoms with Crippen LogP contribution in [0.3, 0.4) is 0 Å². The average molecular weight is 292 g/mol. The molecule has 0 spiro atoms. The normalized spacial score (nSPS) is 23.1. The summed E-state index contributed by atoms with van der Waals surface area (Å²) >= 11 is 0. The van der Waals surface area contributed by atoms with E-state index in [4.69, 9.17) is 0 Å². The number of sulfone groups is 1. The van der Waals surface area contributed by atoms with Gasteiger partial charge in [-0.3, -0.25) is 4.68 Å². The number of fused-ring (bicyclic) bond motifs is 1. The third kappa shape index (κ3) is 2.70. The Labute approximate surface area is 113 Å². The third-order valence-corrected chi connectivity index (χ3v) is 5.37. The van der Waals surface area contributed by atoms with Crippen molar-refractivity contribution in [3.05, 3.63) is 17.5 Å². The van der Waals surface area contributed by atoms with Crippen LogP contribution in [0.5, 0.6) is 0 Å². The van der Waals surface area contributed by atoms with Gasteiger partial charge in [0.15, 0.2) is 0 Å². The van der Waals surface area contributed by atoms with Crippen LogP contribution in [0.15, 0.2) is 6.20 Å². The van der Waals surface area contributed by atoms with Crippen molar-refractivity contribution in [2.24, 2.45) is 0 Å². The smallest absolute Gasteiger partial charge is 0.150 e. The molecule has 3 rings (SSSR count). The third-order valence-electron chi connectivity index (χ3n) is 3.66. The number of nitrogens with zero attached hydrogens (tertiary/aromatic N) is 2. The lowest BCUT2D eigenvalue weighted by Crippen LogP contribution is -2.26. The highest BCUT2D eigenvalue weighted by atomic mass is 35.5. The monoisotopic (exact) mass is 291 g/mol. The number of halogens is 1. The van der Waals surface area contributed by atoms with Crippen molar-refractivity contribution >= 4 is 22.2 Å². The first-order chi connectivity index (χ1) is 8.14. The van der Waals surface area contributed by atoms with E-state index in [1.54, 1.807) is 0 Å². The molecule has 18 heavy (non-hydrogen) atoms. The summed E-state index contributed by atoms with van der Waals surface area (Å²) < 4.78 is 24.8. The molecular formula is C11H18ClN3O2S. The number of hydrogen-bond acceptors (Lipinski definition) is 4. The lowest BCUT2D eigenvalue weighted by atomic mass is 10.1. The van der Waals surface area contributed by atoms with Gasteiger partial charge in [-0.2, -0.15) is 5.10 Å². The van der Waals surface area contributed by atoms with E-state index in [2.05, 4.69) is 16.6 Å². The van der Waals surface area contributed by atoms with E-state index in [1.807, 2.05) is 4.68 Å². The zero-order valence-electron chi connectivity index (χ0n) is 10.1. The number of hydrogen-bond donors (Lipinski definition) is 1. The predicted octanol–water partition coefficient (Wildman–Crippen LogP) is 0.700.